The molecule has 2 fully saturated rings. The van der Waals surface area contributed by atoms with Crippen LogP contribution in [0.5, 0.6) is 0 Å². The molecule has 0 bridgehead atoms. The number of carbonyl (C=O) groups is 1. The molecule has 1 aliphatic carbocycles. The second-order valence-electron chi connectivity index (χ2n) is 8.48. The van der Waals surface area contributed by atoms with Crippen molar-refractivity contribution in [3.63, 3.8) is 0 Å². The zero-order valence-electron chi connectivity index (χ0n) is 14.8. The first-order valence-electron chi connectivity index (χ1n) is 8.83. The molecule has 122 valence electrons. The fourth-order valence-corrected chi connectivity index (χ4v) is 4.02. The Morgan fingerprint density at radius 3 is 2.48 bits per heavy atom. The van der Waals surface area contributed by atoms with Gasteiger partial charge in [-0.05, 0) is 42.9 Å². The first-order valence-corrected chi connectivity index (χ1v) is 8.83. The topological polar surface area (TPSA) is 32.3 Å². The van der Waals surface area contributed by atoms with Crippen molar-refractivity contribution in [3.8, 4) is 0 Å². The van der Waals surface area contributed by atoms with E-state index >= 15 is 0 Å². The Morgan fingerprint density at radius 2 is 2.00 bits per heavy atom. The van der Waals surface area contributed by atoms with Crippen LogP contribution in [-0.4, -0.2) is 29.1 Å². The molecule has 2 rings (SSSR count). The maximum atomic E-state index is 13.0. The first-order chi connectivity index (χ1) is 9.75. The molecule has 1 saturated carbocycles. The van der Waals surface area contributed by atoms with Crippen molar-refractivity contribution < 1.29 is 4.79 Å². The van der Waals surface area contributed by atoms with Crippen LogP contribution in [0.2, 0.25) is 0 Å². The maximum Gasteiger partial charge on any atom is 0.241 e. The smallest absolute Gasteiger partial charge is 0.241 e. The minimum absolute atomic E-state index is 0.0301. The normalized spacial score (nSPS) is 34.0. The maximum absolute atomic E-state index is 13.0. The third-order valence-corrected chi connectivity index (χ3v) is 5.47. The highest BCUT2D eigenvalue weighted by Gasteiger charge is 2.47. The summed E-state index contributed by atoms with van der Waals surface area (Å²) in [5, 5.41) is 3.65. The van der Waals surface area contributed by atoms with Gasteiger partial charge >= 0.3 is 0 Å². The van der Waals surface area contributed by atoms with Crippen molar-refractivity contribution in [2.45, 2.75) is 91.9 Å². The molecular formula is C18H34N2O. The van der Waals surface area contributed by atoms with Crippen LogP contribution in [0.3, 0.4) is 0 Å². The van der Waals surface area contributed by atoms with Gasteiger partial charge in [-0.15, -0.1) is 0 Å². The fraction of sp³-hybridized carbons (Fsp3) is 0.944. The molecule has 3 heteroatoms. The molecule has 1 amide bonds. The van der Waals surface area contributed by atoms with E-state index in [-0.39, 0.29) is 12.2 Å². The van der Waals surface area contributed by atoms with Crippen molar-refractivity contribution >= 4 is 5.91 Å². The molecule has 1 saturated heterocycles. The number of nitrogens with one attached hydrogen (secondary N) is 1. The van der Waals surface area contributed by atoms with Gasteiger partial charge in [0.25, 0.3) is 0 Å². The zero-order valence-corrected chi connectivity index (χ0v) is 14.8. The Morgan fingerprint density at radius 1 is 1.33 bits per heavy atom. The third kappa shape index (κ3) is 3.61. The molecule has 3 nitrogen and oxygen atoms in total. The molecule has 4 atom stereocenters. The molecule has 21 heavy (non-hydrogen) atoms. The minimum atomic E-state index is 0.0301. The predicted molar refractivity (Wildman–Crippen MR) is 87.9 cm³/mol. The van der Waals surface area contributed by atoms with Gasteiger partial charge in [0.2, 0.25) is 5.91 Å². The van der Waals surface area contributed by atoms with Gasteiger partial charge in [0, 0.05) is 6.04 Å². The van der Waals surface area contributed by atoms with E-state index < -0.39 is 0 Å². The lowest BCUT2D eigenvalue weighted by molar-refractivity contribution is -0.133. The number of hydrogen-bond donors (Lipinski definition) is 1. The van der Waals surface area contributed by atoms with Crippen molar-refractivity contribution in [2.75, 3.05) is 0 Å². The summed E-state index contributed by atoms with van der Waals surface area (Å²) >= 11 is 0. The van der Waals surface area contributed by atoms with Gasteiger partial charge in [0.15, 0.2) is 0 Å². The van der Waals surface area contributed by atoms with E-state index in [0.717, 1.165) is 19.3 Å². The van der Waals surface area contributed by atoms with Crippen LogP contribution in [0, 0.1) is 17.3 Å². The summed E-state index contributed by atoms with van der Waals surface area (Å²) in [6.07, 6.45) is 5.93. The van der Waals surface area contributed by atoms with Crippen LogP contribution in [0.25, 0.3) is 0 Å². The summed E-state index contributed by atoms with van der Waals surface area (Å²) in [4.78, 5) is 15.2. The van der Waals surface area contributed by atoms with Crippen molar-refractivity contribution in [1.29, 1.82) is 0 Å². The second kappa shape index (κ2) is 6.28. The Hall–Kier alpha value is -0.570. The Bertz CT molecular complexity index is 377. The van der Waals surface area contributed by atoms with Gasteiger partial charge in [-0.3, -0.25) is 10.1 Å². The summed E-state index contributed by atoms with van der Waals surface area (Å²) in [7, 11) is 0. The lowest BCUT2D eigenvalue weighted by Crippen LogP contribution is -2.44. The van der Waals surface area contributed by atoms with Gasteiger partial charge in [0.05, 0.1) is 12.2 Å². The average Bonchev–Trinajstić information content (AvgIpc) is 2.88. The number of carbonyl (C=O) groups excluding carboxylic acids is 1. The average molecular weight is 294 g/mol. The minimum Gasteiger partial charge on any atom is -0.323 e. The van der Waals surface area contributed by atoms with Crippen molar-refractivity contribution in [2.24, 2.45) is 17.3 Å². The van der Waals surface area contributed by atoms with Crippen LogP contribution in [0.15, 0.2) is 0 Å². The molecule has 0 radical (unpaired) electrons. The number of hydrogen-bond acceptors (Lipinski definition) is 2. The highest BCUT2D eigenvalue weighted by Crippen LogP contribution is 2.41. The summed E-state index contributed by atoms with van der Waals surface area (Å²) in [5.74, 6) is 1.40. The summed E-state index contributed by atoms with van der Waals surface area (Å²) in [6.45, 7) is 13.6. The molecule has 4 unspecified atom stereocenters. The Balaban J connectivity index is 2.16. The van der Waals surface area contributed by atoms with Crippen LogP contribution >= 0.6 is 0 Å². The SMILES string of the molecule is CCC(C)C1NC(CC(C)C)N(C2CCC(C)(C)C2)C1=O. The molecular weight excluding hydrogens is 260 g/mol. The highest BCUT2D eigenvalue weighted by molar-refractivity contribution is 5.85. The van der Waals surface area contributed by atoms with Crippen molar-refractivity contribution in [1.82, 2.24) is 10.2 Å². The second-order valence-corrected chi connectivity index (χ2v) is 8.48. The molecule has 0 aromatic rings. The molecule has 1 N–H and O–H groups in total. The molecule has 0 aromatic carbocycles. The van der Waals surface area contributed by atoms with Gasteiger partial charge in [-0.25, -0.2) is 0 Å². The van der Waals surface area contributed by atoms with E-state index in [1.807, 2.05) is 0 Å². The molecule has 1 aliphatic heterocycles. The standard InChI is InChI=1S/C18H34N2O/c1-7-13(4)16-17(21)20(15(19-16)10-12(2)3)14-8-9-18(5,6)11-14/h12-16,19H,7-11H2,1-6H3. The lowest BCUT2D eigenvalue weighted by atomic mass is 9.91. The highest BCUT2D eigenvalue weighted by atomic mass is 16.2. The summed E-state index contributed by atoms with van der Waals surface area (Å²) in [6, 6.07) is 0.472. The number of rotatable bonds is 5. The largest absolute Gasteiger partial charge is 0.323 e. The number of nitrogens with zero attached hydrogens (tertiary/aromatic N) is 1. The van der Waals surface area contributed by atoms with E-state index in [4.69, 9.17) is 0 Å². The van der Waals surface area contributed by atoms with Gasteiger partial charge < -0.3 is 4.90 Å². The first kappa shape index (κ1) is 16.8. The number of amides is 1. The lowest BCUT2D eigenvalue weighted by Gasteiger charge is -2.32. The van der Waals surface area contributed by atoms with Crippen LogP contribution in [-0.2, 0) is 4.79 Å². The van der Waals surface area contributed by atoms with Crippen LogP contribution in [0.4, 0.5) is 0 Å². The van der Waals surface area contributed by atoms with Crippen LogP contribution in [0.1, 0.15) is 73.6 Å². The van der Waals surface area contributed by atoms with Crippen LogP contribution < -0.4 is 5.32 Å². The van der Waals surface area contributed by atoms with E-state index in [1.54, 1.807) is 0 Å². The fourth-order valence-electron chi connectivity index (χ4n) is 4.02. The van der Waals surface area contributed by atoms with Gasteiger partial charge in [-0.1, -0.05) is 48.0 Å². The molecule has 2 aliphatic rings. The van der Waals surface area contributed by atoms with E-state index in [0.29, 0.717) is 29.2 Å². The Kier molecular flexibility index (Phi) is 5.02. The van der Waals surface area contributed by atoms with E-state index in [9.17, 15) is 4.79 Å². The molecule has 1 heterocycles. The van der Waals surface area contributed by atoms with Gasteiger partial charge in [-0.2, -0.15) is 0 Å². The summed E-state index contributed by atoms with van der Waals surface area (Å²) in [5.41, 5.74) is 0.391. The Labute approximate surface area is 130 Å². The predicted octanol–water partition coefficient (Wildman–Crippen LogP) is 3.78. The van der Waals surface area contributed by atoms with Crippen molar-refractivity contribution in [3.05, 3.63) is 0 Å². The molecule has 0 aromatic heterocycles. The zero-order chi connectivity index (χ0) is 15.8. The third-order valence-electron chi connectivity index (χ3n) is 5.47. The van der Waals surface area contributed by atoms with E-state index in [2.05, 4.69) is 51.8 Å². The quantitative estimate of drug-likeness (QED) is 0.837. The van der Waals surface area contributed by atoms with E-state index in [1.165, 1.54) is 12.8 Å². The van der Waals surface area contributed by atoms with Gasteiger partial charge in [0.1, 0.15) is 0 Å². The monoisotopic (exact) mass is 294 g/mol. The summed E-state index contributed by atoms with van der Waals surface area (Å²) < 4.78 is 0. The molecule has 0 spiro atoms.